The van der Waals surface area contributed by atoms with Crippen molar-refractivity contribution in [1.82, 2.24) is 9.80 Å². The zero-order chi connectivity index (χ0) is 24.0. The van der Waals surface area contributed by atoms with Gasteiger partial charge in [-0.2, -0.15) is 13.2 Å². The largest absolute Gasteiger partial charge is 0.492 e. The molecule has 3 aromatic rings. The zero-order valence-electron chi connectivity index (χ0n) is 19.3. The molecule has 34 heavy (non-hydrogen) atoms. The predicted octanol–water partition coefficient (Wildman–Crippen LogP) is 5.83. The van der Waals surface area contributed by atoms with Crippen molar-refractivity contribution >= 4 is 11.1 Å². The van der Waals surface area contributed by atoms with Gasteiger partial charge in [-0.3, -0.25) is 4.90 Å². The molecule has 1 aliphatic heterocycles. The number of hydrogen-bond acceptors (Lipinski definition) is 3. The molecule has 0 atom stereocenters. The summed E-state index contributed by atoms with van der Waals surface area (Å²) in [7, 11) is 2.12. The highest BCUT2D eigenvalue weighted by Gasteiger charge is 2.38. The summed E-state index contributed by atoms with van der Waals surface area (Å²) in [5.41, 5.74) is 0.656. The van der Waals surface area contributed by atoms with E-state index in [0.717, 1.165) is 32.7 Å². The summed E-state index contributed by atoms with van der Waals surface area (Å²) in [6, 6.07) is 23.6. The predicted molar refractivity (Wildman–Crippen MR) is 131 cm³/mol. The summed E-state index contributed by atoms with van der Waals surface area (Å²) in [6.07, 6.45) is -4.52. The van der Waals surface area contributed by atoms with Crippen molar-refractivity contribution in [3.05, 3.63) is 102 Å². The topological polar surface area (TPSA) is 15.7 Å². The van der Waals surface area contributed by atoms with Gasteiger partial charge in [-0.1, -0.05) is 72.8 Å². The Morgan fingerprint density at radius 2 is 1.26 bits per heavy atom. The van der Waals surface area contributed by atoms with Crippen LogP contribution < -0.4 is 4.74 Å². The third-order valence-corrected chi connectivity index (χ3v) is 6.07. The maximum Gasteiger partial charge on any atom is 0.417 e. The molecule has 0 unspecified atom stereocenters. The Labute approximate surface area is 199 Å². The van der Waals surface area contributed by atoms with Crippen molar-refractivity contribution in [2.45, 2.75) is 6.18 Å². The minimum atomic E-state index is -4.52. The van der Waals surface area contributed by atoms with Gasteiger partial charge in [-0.15, -0.1) is 0 Å². The van der Waals surface area contributed by atoms with Crippen LogP contribution in [0.3, 0.4) is 0 Å². The number of rotatable bonds is 7. The summed E-state index contributed by atoms with van der Waals surface area (Å²) in [5, 5.41) is 0. The minimum Gasteiger partial charge on any atom is -0.492 e. The zero-order valence-corrected chi connectivity index (χ0v) is 19.3. The van der Waals surface area contributed by atoms with Crippen molar-refractivity contribution in [3.63, 3.8) is 0 Å². The lowest BCUT2D eigenvalue weighted by Gasteiger charge is -2.32. The first-order chi connectivity index (χ1) is 16.4. The van der Waals surface area contributed by atoms with E-state index in [1.165, 1.54) is 12.1 Å². The number of halogens is 3. The SMILES string of the molecule is CN1CCN(CCOc2ccc(/C(=C(\c3ccccc3)C(F)(F)F)c3ccccc3)cc2)CC1. The normalized spacial score (nSPS) is 16.2. The number of ether oxygens (including phenoxy) is 1. The standard InChI is InChI=1S/C28H29F3N2O/c1-32-16-18-33(19-17-32)20-21-34-25-14-12-23(13-15-25)26(22-8-4-2-5-9-22)27(28(29,30)31)24-10-6-3-7-11-24/h2-15H,16-21H2,1H3/b27-26+. The van der Waals surface area contributed by atoms with E-state index in [1.807, 2.05) is 0 Å². The first-order valence-electron chi connectivity index (χ1n) is 11.5. The number of nitrogens with zero attached hydrogens (tertiary/aromatic N) is 2. The summed E-state index contributed by atoms with van der Waals surface area (Å²) in [6.45, 7) is 5.51. The fourth-order valence-corrected chi connectivity index (χ4v) is 4.20. The Kier molecular flexibility index (Phi) is 7.70. The Morgan fingerprint density at radius 1 is 0.735 bits per heavy atom. The molecular weight excluding hydrogens is 437 g/mol. The van der Waals surface area contributed by atoms with E-state index < -0.39 is 11.7 Å². The molecule has 0 aromatic heterocycles. The van der Waals surface area contributed by atoms with Gasteiger partial charge in [0.1, 0.15) is 12.4 Å². The fraction of sp³-hybridized carbons (Fsp3) is 0.286. The van der Waals surface area contributed by atoms with E-state index >= 15 is 0 Å². The van der Waals surface area contributed by atoms with Crippen LogP contribution in [0, 0.1) is 0 Å². The lowest BCUT2D eigenvalue weighted by molar-refractivity contribution is -0.0685. The fourth-order valence-electron chi connectivity index (χ4n) is 4.20. The van der Waals surface area contributed by atoms with Gasteiger partial charge in [0.2, 0.25) is 0 Å². The van der Waals surface area contributed by atoms with Crippen LogP contribution in [-0.4, -0.2) is 62.4 Å². The molecule has 3 nitrogen and oxygen atoms in total. The quantitative estimate of drug-likeness (QED) is 0.407. The van der Waals surface area contributed by atoms with Crippen LogP contribution in [0.5, 0.6) is 5.75 Å². The van der Waals surface area contributed by atoms with Crippen molar-refractivity contribution in [2.24, 2.45) is 0 Å². The summed E-state index contributed by atoms with van der Waals surface area (Å²) < 4.78 is 49.0. The van der Waals surface area contributed by atoms with Gasteiger partial charge in [-0.05, 0) is 35.9 Å². The lowest BCUT2D eigenvalue weighted by Crippen LogP contribution is -2.45. The highest BCUT2D eigenvalue weighted by molar-refractivity contribution is 6.00. The van der Waals surface area contributed by atoms with Gasteiger partial charge in [0.05, 0.1) is 5.57 Å². The number of likely N-dealkylation sites (N-methyl/N-ethyl adjacent to an activating group) is 1. The molecule has 6 heteroatoms. The Bertz CT molecular complexity index is 1070. The third-order valence-electron chi connectivity index (χ3n) is 6.07. The van der Waals surface area contributed by atoms with Crippen LogP contribution in [0.4, 0.5) is 13.2 Å². The molecule has 0 radical (unpaired) electrons. The van der Waals surface area contributed by atoms with Crippen LogP contribution in [0.25, 0.3) is 11.1 Å². The molecule has 0 amide bonds. The average molecular weight is 467 g/mol. The molecule has 1 saturated heterocycles. The molecule has 0 bridgehead atoms. The Morgan fingerprint density at radius 3 is 1.82 bits per heavy atom. The smallest absolute Gasteiger partial charge is 0.417 e. The number of benzene rings is 3. The molecule has 3 aromatic carbocycles. The summed E-state index contributed by atoms with van der Waals surface area (Å²) in [5.74, 6) is 0.651. The van der Waals surface area contributed by atoms with Gasteiger partial charge >= 0.3 is 6.18 Å². The van der Waals surface area contributed by atoms with Gasteiger partial charge in [0.25, 0.3) is 0 Å². The van der Waals surface area contributed by atoms with Gasteiger partial charge < -0.3 is 9.64 Å². The molecule has 0 spiro atoms. The molecule has 0 saturated carbocycles. The summed E-state index contributed by atoms with van der Waals surface area (Å²) >= 11 is 0. The van der Waals surface area contributed by atoms with Gasteiger partial charge in [0, 0.05) is 38.3 Å². The first-order valence-corrected chi connectivity index (χ1v) is 11.5. The van der Waals surface area contributed by atoms with Crippen molar-refractivity contribution in [1.29, 1.82) is 0 Å². The van der Waals surface area contributed by atoms with E-state index in [1.54, 1.807) is 72.8 Å². The van der Waals surface area contributed by atoms with E-state index in [9.17, 15) is 13.2 Å². The van der Waals surface area contributed by atoms with Crippen LogP contribution in [0.2, 0.25) is 0 Å². The monoisotopic (exact) mass is 466 g/mol. The average Bonchev–Trinajstić information content (AvgIpc) is 2.84. The molecular formula is C28H29F3N2O. The van der Waals surface area contributed by atoms with Crippen molar-refractivity contribution in [2.75, 3.05) is 46.4 Å². The second-order valence-corrected chi connectivity index (χ2v) is 8.50. The number of hydrogen-bond donors (Lipinski definition) is 0. The molecule has 0 aliphatic carbocycles. The van der Waals surface area contributed by atoms with Crippen LogP contribution >= 0.6 is 0 Å². The van der Waals surface area contributed by atoms with Crippen LogP contribution in [0.1, 0.15) is 16.7 Å². The molecule has 1 heterocycles. The first kappa shape index (κ1) is 24.0. The van der Waals surface area contributed by atoms with Crippen LogP contribution in [-0.2, 0) is 0 Å². The number of alkyl halides is 3. The highest BCUT2D eigenvalue weighted by atomic mass is 19.4. The second-order valence-electron chi connectivity index (χ2n) is 8.50. The lowest BCUT2D eigenvalue weighted by atomic mass is 9.89. The molecule has 1 fully saturated rings. The van der Waals surface area contributed by atoms with E-state index in [0.29, 0.717) is 23.5 Å². The minimum absolute atomic E-state index is 0.140. The Balaban J connectivity index is 1.61. The Hall–Kier alpha value is -3.09. The number of allylic oxidation sites excluding steroid dienone is 1. The highest BCUT2D eigenvalue weighted by Crippen LogP contribution is 2.42. The summed E-state index contributed by atoms with van der Waals surface area (Å²) in [4.78, 5) is 4.67. The third kappa shape index (κ3) is 6.07. The van der Waals surface area contributed by atoms with Crippen LogP contribution in [0.15, 0.2) is 84.9 Å². The maximum absolute atomic E-state index is 14.4. The van der Waals surface area contributed by atoms with Gasteiger partial charge in [-0.25, -0.2) is 0 Å². The van der Waals surface area contributed by atoms with E-state index in [2.05, 4.69) is 16.8 Å². The van der Waals surface area contributed by atoms with E-state index in [-0.39, 0.29) is 11.1 Å². The van der Waals surface area contributed by atoms with Gasteiger partial charge in [0.15, 0.2) is 0 Å². The van der Waals surface area contributed by atoms with E-state index in [4.69, 9.17) is 4.74 Å². The molecule has 4 rings (SSSR count). The molecule has 0 N–H and O–H groups in total. The second kappa shape index (κ2) is 10.9. The number of piperazine rings is 1. The maximum atomic E-state index is 14.4. The molecule has 178 valence electrons. The van der Waals surface area contributed by atoms with Crippen molar-refractivity contribution in [3.8, 4) is 5.75 Å². The van der Waals surface area contributed by atoms with Crippen molar-refractivity contribution < 1.29 is 17.9 Å². The molecule has 1 aliphatic rings.